The zero-order valence-electron chi connectivity index (χ0n) is 16.9. The first kappa shape index (κ1) is 19.7. The van der Waals surface area contributed by atoms with Crippen molar-refractivity contribution in [2.45, 2.75) is 33.1 Å². The summed E-state index contributed by atoms with van der Waals surface area (Å²) in [5.41, 5.74) is 3.86. The van der Waals surface area contributed by atoms with Gasteiger partial charge < -0.3 is 4.90 Å². The van der Waals surface area contributed by atoms with E-state index in [-0.39, 0.29) is 5.56 Å². The first-order chi connectivity index (χ1) is 14.0. The van der Waals surface area contributed by atoms with Crippen LogP contribution in [0.5, 0.6) is 0 Å². The second-order valence-electron chi connectivity index (χ2n) is 7.87. The second-order valence-corrected chi connectivity index (χ2v) is 8.28. The van der Waals surface area contributed by atoms with E-state index >= 15 is 0 Å². The van der Waals surface area contributed by atoms with E-state index in [0.717, 1.165) is 49.4 Å². The zero-order chi connectivity index (χ0) is 20.4. The van der Waals surface area contributed by atoms with Crippen LogP contribution in [-0.2, 0) is 6.42 Å². The van der Waals surface area contributed by atoms with E-state index in [4.69, 9.17) is 11.6 Å². The van der Waals surface area contributed by atoms with E-state index in [2.05, 4.69) is 40.2 Å². The van der Waals surface area contributed by atoms with Gasteiger partial charge >= 0.3 is 0 Å². The minimum absolute atomic E-state index is 0.0828. The molecule has 0 unspecified atom stereocenters. The Morgan fingerprint density at radius 1 is 1.03 bits per heavy atom. The molecule has 0 aliphatic carbocycles. The topological polar surface area (TPSA) is 38.1 Å². The lowest BCUT2D eigenvalue weighted by Crippen LogP contribution is -2.34. The third kappa shape index (κ3) is 4.38. The standard InChI is InChI=1S/C24H26ClN3O/c1-17-14-24(29)28(18(2)26-17)21-8-9-23(22(25)16-21)27-12-10-20(11-13-27)15-19-6-4-3-5-7-19/h3-9,14,16,20H,10-13,15H2,1-2H3. The molecular formula is C24H26ClN3O. The Bertz CT molecular complexity index is 1050. The predicted molar refractivity (Wildman–Crippen MR) is 119 cm³/mol. The lowest BCUT2D eigenvalue weighted by Gasteiger charge is -2.34. The molecule has 0 radical (unpaired) electrons. The van der Waals surface area contributed by atoms with Crippen molar-refractivity contribution in [3.8, 4) is 5.69 Å². The highest BCUT2D eigenvalue weighted by molar-refractivity contribution is 6.33. The number of nitrogens with zero attached hydrogens (tertiary/aromatic N) is 3. The van der Waals surface area contributed by atoms with Gasteiger partial charge in [0, 0.05) is 24.8 Å². The van der Waals surface area contributed by atoms with Gasteiger partial charge in [0.05, 0.1) is 16.4 Å². The lowest BCUT2D eigenvalue weighted by atomic mass is 9.90. The molecule has 3 aromatic rings. The molecule has 0 spiro atoms. The third-order valence-electron chi connectivity index (χ3n) is 5.73. The van der Waals surface area contributed by atoms with Gasteiger partial charge in [-0.2, -0.15) is 0 Å². The maximum atomic E-state index is 12.4. The summed E-state index contributed by atoms with van der Waals surface area (Å²) in [6, 6.07) is 18.1. The molecule has 1 aliphatic rings. The summed E-state index contributed by atoms with van der Waals surface area (Å²) in [6.45, 7) is 5.67. The highest BCUT2D eigenvalue weighted by Crippen LogP contribution is 2.32. The first-order valence-electron chi connectivity index (χ1n) is 10.2. The number of aryl methyl sites for hydroxylation is 2. The van der Waals surface area contributed by atoms with E-state index in [0.29, 0.717) is 16.8 Å². The molecule has 1 fully saturated rings. The van der Waals surface area contributed by atoms with E-state index in [1.807, 2.05) is 32.0 Å². The fourth-order valence-corrected chi connectivity index (χ4v) is 4.57. The summed E-state index contributed by atoms with van der Waals surface area (Å²) in [5.74, 6) is 1.38. The van der Waals surface area contributed by atoms with Gasteiger partial charge in [-0.1, -0.05) is 41.9 Å². The Labute approximate surface area is 176 Å². The van der Waals surface area contributed by atoms with Gasteiger partial charge in [0.1, 0.15) is 5.82 Å². The Kier molecular flexibility index (Phi) is 5.72. The summed E-state index contributed by atoms with van der Waals surface area (Å²) in [7, 11) is 0. The summed E-state index contributed by atoms with van der Waals surface area (Å²) in [4.78, 5) is 19.2. The Morgan fingerprint density at radius 3 is 2.41 bits per heavy atom. The summed E-state index contributed by atoms with van der Waals surface area (Å²) in [6.07, 6.45) is 3.46. The van der Waals surface area contributed by atoms with Crippen LogP contribution in [0.2, 0.25) is 5.02 Å². The van der Waals surface area contributed by atoms with E-state index < -0.39 is 0 Å². The van der Waals surface area contributed by atoms with Gasteiger partial charge in [-0.05, 0) is 62.8 Å². The largest absolute Gasteiger partial charge is 0.370 e. The number of aromatic nitrogens is 2. The van der Waals surface area contributed by atoms with Crippen LogP contribution in [0.15, 0.2) is 59.4 Å². The van der Waals surface area contributed by atoms with E-state index in [9.17, 15) is 4.79 Å². The zero-order valence-corrected chi connectivity index (χ0v) is 17.7. The van der Waals surface area contributed by atoms with Crippen molar-refractivity contribution in [3.05, 3.63) is 87.1 Å². The molecule has 1 saturated heterocycles. The van der Waals surface area contributed by atoms with Crippen LogP contribution in [-0.4, -0.2) is 22.6 Å². The van der Waals surface area contributed by atoms with Crippen LogP contribution in [0.3, 0.4) is 0 Å². The van der Waals surface area contributed by atoms with Gasteiger partial charge in [0.25, 0.3) is 5.56 Å². The van der Waals surface area contributed by atoms with Crippen LogP contribution in [0.4, 0.5) is 5.69 Å². The molecule has 1 aromatic heterocycles. The maximum Gasteiger partial charge on any atom is 0.258 e. The molecule has 0 bridgehead atoms. The van der Waals surface area contributed by atoms with Crippen LogP contribution >= 0.6 is 11.6 Å². The Morgan fingerprint density at radius 2 is 1.76 bits per heavy atom. The normalized spacial score (nSPS) is 14.9. The van der Waals surface area contributed by atoms with Crippen molar-refractivity contribution in [3.63, 3.8) is 0 Å². The number of hydrogen-bond donors (Lipinski definition) is 0. The van der Waals surface area contributed by atoms with Crippen LogP contribution in [0, 0.1) is 19.8 Å². The molecular weight excluding hydrogens is 382 g/mol. The molecule has 0 amide bonds. The van der Waals surface area contributed by atoms with Crippen LogP contribution in [0.25, 0.3) is 5.69 Å². The first-order valence-corrected chi connectivity index (χ1v) is 10.5. The number of hydrogen-bond acceptors (Lipinski definition) is 3. The molecule has 0 N–H and O–H groups in total. The average molecular weight is 408 g/mol. The fourth-order valence-electron chi connectivity index (χ4n) is 4.27. The van der Waals surface area contributed by atoms with Crippen molar-refractivity contribution in [1.82, 2.24) is 9.55 Å². The summed E-state index contributed by atoms with van der Waals surface area (Å²) in [5, 5.41) is 0.677. The van der Waals surface area contributed by atoms with Crippen molar-refractivity contribution in [2.75, 3.05) is 18.0 Å². The molecule has 1 aliphatic heterocycles. The lowest BCUT2D eigenvalue weighted by molar-refractivity contribution is 0.404. The minimum atomic E-state index is -0.0828. The quantitative estimate of drug-likeness (QED) is 0.613. The van der Waals surface area contributed by atoms with Crippen molar-refractivity contribution in [1.29, 1.82) is 0 Å². The molecule has 5 heteroatoms. The molecule has 0 saturated carbocycles. The summed E-state index contributed by atoms with van der Waals surface area (Å²) < 4.78 is 1.61. The number of halogens is 1. The molecule has 0 atom stereocenters. The second kappa shape index (κ2) is 8.42. The fraction of sp³-hybridized carbons (Fsp3) is 0.333. The highest BCUT2D eigenvalue weighted by atomic mass is 35.5. The van der Waals surface area contributed by atoms with Crippen LogP contribution < -0.4 is 10.5 Å². The van der Waals surface area contributed by atoms with Gasteiger partial charge in [0.2, 0.25) is 0 Å². The van der Waals surface area contributed by atoms with Gasteiger partial charge in [-0.25, -0.2) is 4.98 Å². The molecule has 2 aromatic carbocycles. The van der Waals surface area contributed by atoms with Crippen molar-refractivity contribution in [2.24, 2.45) is 5.92 Å². The van der Waals surface area contributed by atoms with Gasteiger partial charge in [-0.3, -0.25) is 9.36 Å². The highest BCUT2D eigenvalue weighted by Gasteiger charge is 2.21. The average Bonchev–Trinajstić information content (AvgIpc) is 2.69. The van der Waals surface area contributed by atoms with Crippen LogP contribution in [0.1, 0.15) is 29.9 Å². The molecule has 2 heterocycles. The van der Waals surface area contributed by atoms with E-state index in [1.54, 1.807) is 10.6 Å². The van der Waals surface area contributed by atoms with Gasteiger partial charge in [0.15, 0.2) is 0 Å². The van der Waals surface area contributed by atoms with E-state index in [1.165, 1.54) is 5.56 Å². The minimum Gasteiger partial charge on any atom is -0.370 e. The van der Waals surface area contributed by atoms with Crippen molar-refractivity contribution >= 4 is 17.3 Å². The third-order valence-corrected chi connectivity index (χ3v) is 6.03. The Balaban J connectivity index is 1.48. The number of piperidine rings is 1. The maximum absolute atomic E-state index is 12.4. The van der Waals surface area contributed by atoms with Crippen molar-refractivity contribution < 1.29 is 0 Å². The number of anilines is 1. The monoisotopic (exact) mass is 407 g/mol. The smallest absolute Gasteiger partial charge is 0.258 e. The predicted octanol–water partition coefficient (Wildman–Crippen LogP) is 4.96. The summed E-state index contributed by atoms with van der Waals surface area (Å²) >= 11 is 6.64. The molecule has 4 rings (SSSR count). The number of benzene rings is 2. The molecule has 29 heavy (non-hydrogen) atoms. The molecule has 150 valence electrons. The SMILES string of the molecule is Cc1cc(=O)n(-c2ccc(N3CCC(Cc4ccccc4)CC3)c(Cl)c2)c(C)n1. The van der Waals surface area contributed by atoms with Gasteiger partial charge in [-0.15, -0.1) is 0 Å². The number of rotatable bonds is 4. The molecule has 4 nitrogen and oxygen atoms in total. The Hall–Kier alpha value is -2.59.